The molecule has 1 heterocycles. The minimum Gasteiger partial charge on any atom is -0.341 e. The molecule has 0 aliphatic rings. The van der Waals surface area contributed by atoms with E-state index in [0.717, 1.165) is 16.7 Å². The molecule has 0 bridgehead atoms. The van der Waals surface area contributed by atoms with E-state index in [1.165, 1.54) is 28.9 Å². The minimum atomic E-state index is -0.817. The van der Waals surface area contributed by atoms with E-state index in [2.05, 4.69) is 15.7 Å². The number of amides is 2. The maximum Gasteiger partial charge on any atom is 0.276 e. The number of carbonyl (C=O) groups is 2. The smallest absolute Gasteiger partial charge is 0.276 e. The maximum atomic E-state index is 14.1. The second-order valence-electron chi connectivity index (χ2n) is 7.37. The third-order valence-corrected chi connectivity index (χ3v) is 4.75. The van der Waals surface area contributed by atoms with Gasteiger partial charge in [0.25, 0.3) is 5.91 Å². The molecule has 0 unspecified atom stereocenters. The Bertz CT molecular complexity index is 1210. The van der Waals surface area contributed by atoms with E-state index >= 15 is 0 Å². The van der Waals surface area contributed by atoms with Crippen molar-refractivity contribution in [3.63, 3.8) is 0 Å². The molecule has 0 aliphatic heterocycles. The van der Waals surface area contributed by atoms with Crippen molar-refractivity contribution in [2.45, 2.75) is 27.7 Å². The molecule has 160 valence electrons. The van der Waals surface area contributed by atoms with Crippen LogP contribution in [0.5, 0.6) is 0 Å². The highest BCUT2D eigenvalue weighted by Gasteiger charge is 2.18. The zero-order valence-electron chi connectivity index (χ0n) is 17.7. The summed E-state index contributed by atoms with van der Waals surface area (Å²) in [5.74, 6) is -1.80. The monoisotopic (exact) mass is 422 g/mol. The quantitative estimate of drug-likeness (QED) is 0.661. The third-order valence-electron chi connectivity index (χ3n) is 4.75. The van der Waals surface area contributed by atoms with Crippen LogP contribution in [0.4, 0.5) is 10.1 Å². The van der Waals surface area contributed by atoms with Crippen molar-refractivity contribution in [2.24, 2.45) is 0 Å². The summed E-state index contributed by atoms with van der Waals surface area (Å²) in [5.41, 5.74) is 3.01. The summed E-state index contributed by atoms with van der Waals surface area (Å²) < 4.78 is 15.3. The molecule has 0 atom stereocenters. The van der Waals surface area contributed by atoms with E-state index in [1.54, 1.807) is 13.0 Å². The molecule has 0 radical (unpaired) electrons. The Balaban J connectivity index is 1.77. The second-order valence-corrected chi connectivity index (χ2v) is 7.37. The predicted octanol–water partition coefficient (Wildman–Crippen LogP) is 2.97. The summed E-state index contributed by atoms with van der Waals surface area (Å²) in [5, 5.41) is 9.20. The predicted molar refractivity (Wildman–Crippen MR) is 116 cm³/mol. The number of para-hydroxylation sites is 1. The lowest BCUT2D eigenvalue weighted by atomic mass is 10.1. The zero-order valence-corrected chi connectivity index (χ0v) is 17.7. The Morgan fingerprint density at radius 3 is 2.32 bits per heavy atom. The van der Waals surface area contributed by atoms with Crippen molar-refractivity contribution in [2.75, 3.05) is 11.9 Å². The first-order valence-corrected chi connectivity index (χ1v) is 9.69. The van der Waals surface area contributed by atoms with E-state index in [-0.39, 0.29) is 12.2 Å². The lowest BCUT2D eigenvalue weighted by Crippen LogP contribution is -2.37. The van der Waals surface area contributed by atoms with Gasteiger partial charge in [0.15, 0.2) is 5.69 Å². The molecule has 3 rings (SSSR count). The standard InChI is InChI=1S/C23H23FN4O3/c1-13-9-14(2)21(15(3)10-13)26-20(30)12-25-23(31)22-19(29)11-16(4)28(27-22)18-8-6-5-7-17(18)24/h5-11H,12H2,1-4H3,(H,25,31)(H,26,30). The Morgan fingerprint density at radius 2 is 1.68 bits per heavy atom. The molecule has 3 aromatic rings. The number of aromatic nitrogens is 2. The van der Waals surface area contributed by atoms with Gasteiger partial charge in [0.1, 0.15) is 11.5 Å². The normalized spacial score (nSPS) is 10.6. The van der Waals surface area contributed by atoms with Crippen molar-refractivity contribution in [1.82, 2.24) is 15.1 Å². The molecule has 0 fully saturated rings. The van der Waals surface area contributed by atoms with Crippen molar-refractivity contribution < 1.29 is 14.0 Å². The van der Waals surface area contributed by atoms with Crippen LogP contribution in [0.3, 0.4) is 0 Å². The van der Waals surface area contributed by atoms with Gasteiger partial charge in [-0.05, 0) is 51.0 Å². The van der Waals surface area contributed by atoms with Crippen LogP contribution < -0.4 is 16.1 Å². The van der Waals surface area contributed by atoms with Gasteiger partial charge in [-0.15, -0.1) is 0 Å². The molecular formula is C23H23FN4O3. The number of hydrogen-bond acceptors (Lipinski definition) is 4. The number of halogens is 1. The largest absolute Gasteiger partial charge is 0.341 e. The summed E-state index contributed by atoms with van der Waals surface area (Å²) in [4.78, 5) is 37.1. The molecule has 0 saturated heterocycles. The number of hydrogen-bond donors (Lipinski definition) is 2. The van der Waals surface area contributed by atoms with Crippen molar-refractivity contribution >= 4 is 17.5 Å². The van der Waals surface area contributed by atoms with E-state index in [0.29, 0.717) is 11.4 Å². The highest BCUT2D eigenvalue weighted by Crippen LogP contribution is 2.21. The van der Waals surface area contributed by atoms with Gasteiger partial charge >= 0.3 is 0 Å². The van der Waals surface area contributed by atoms with Crippen LogP contribution in [0.1, 0.15) is 32.9 Å². The number of nitrogens with one attached hydrogen (secondary N) is 2. The fourth-order valence-corrected chi connectivity index (χ4v) is 3.38. The Labute approximate surface area is 178 Å². The highest BCUT2D eigenvalue weighted by molar-refractivity contribution is 5.99. The summed E-state index contributed by atoms with van der Waals surface area (Å²) in [6.45, 7) is 6.97. The number of anilines is 1. The van der Waals surface area contributed by atoms with Crippen LogP contribution in [0.25, 0.3) is 5.69 Å². The summed E-state index contributed by atoms with van der Waals surface area (Å²) in [6.07, 6.45) is 0. The summed E-state index contributed by atoms with van der Waals surface area (Å²) in [7, 11) is 0. The first kappa shape index (κ1) is 21.9. The van der Waals surface area contributed by atoms with Gasteiger partial charge < -0.3 is 10.6 Å². The van der Waals surface area contributed by atoms with Crippen LogP contribution >= 0.6 is 0 Å². The molecular weight excluding hydrogens is 399 g/mol. The number of nitrogens with zero attached hydrogens (tertiary/aromatic N) is 2. The third kappa shape index (κ3) is 4.85. The van der Waals surface area contributed by atoms with Crippen molar-refractivity contribution in [3.05, 3.63) is 86.6 Å². The van der Waals surface area contributed by atoms with Crippen LogP contribution in [-0.4, -0.2) is 28.1 Å². The Kier molecular flexibility index (Phi) is 6.29. The molecule has 8 heteroatoms. The van der Waals surface area contributed by atoms with E-state index < -0.39 is 28.8 Å². The van der Waals surface area contributed by atoms with Gasteiger partial charge in [-0.1, -0.05) is 29.8 Å². The molecule has 0 saturated carbocycles. The van der Waals surface area contributed by atoms with Gasteiger partial charge in [-0.25, -0.2) is 9.07 Å². The van der Waals surface area contributed by atoms with Gasteiger partial charge in [0.05, 0.1) is 6.54 Å². The first-order valence-electron chi connectivity index (χ1n) is 9.69. The van der Waals surface area contributed by atoms with Gasteiger partial charge in [-0.2, -0.15) is 5.10 Å². The zero-order chi connectivity index (χ0) is 22.7. The number of benzene rings is 2. The SMILES string of the molecule is Cc1cc(C)c(NC(=O)CNC(=O)c2nn(-c3ccccc3F)c(C)cc2=O)c(C)c1. The van der Waals surface area contributed by atoms with Crippen LogP contribution in [0.2, 0.25) is 0 Å². The van der Waals surface area contributed by atoms with Crippen LogP contribution in [0.15, 0.2) is 47.3 Å². The molecule has 2 amide bonds. The van der Waals surface area contributed by atoms with Gasteiger partial charge in [0.2, 0.25) is 11.3 Å². The van der Waals surface area contributed by atoms with E-state index in [9.17, 15) is 18.8 Å². The summed E-state index contributed by atoms with van der Waals surface area (Å²) in [6, 6.07) is 11.0. The fourth-order valence-electron chi connectivity index (χ4n) is 3.38. The maximum absolute atomic E-state index is 14.1. The van der Waals surface area contributed by atoms with Crippen molar-refractivity contribution in [3.8, 4) is 5.69 Å². The molecule has 7 nitrogen and oxygen atoms in total. The average Bonchev–Trinajstić information content (AvgIpc) is 2.70. The number of rotatable bonds is 5. The Morgan fingerprint density at radius 1 is 1.03 bits per heavy atom. The molecule has 31 heavy (non-hydrogen) atoms. The average molecular weight is 422 g/mol. The van der Waals surface area contributed by atoms with Crippen molar-refractivity contribution in [1.29, 1.82) is 0 Å². The topological polar surface area (TPSA) is 93.1 Å². The molecule has 0 aliphatic carbocycles. The lowest BCUT2D eigenvalue weighted by molar-refractivity contribution is -0.115. The second kappa shape index (κ2) is 8.91. The number of carbonyl (C=O) groups excluding carboxylic acids is 2. The number of aryl methyl sites for hydroxylation is 4. The molecule has 2 aromatic carbocycles. The highest BCUT2D eigenvalue weighted by atomic mass is 19.1. The minimum absolute atomic E-state index is 0.108. The van der Waals surface area contributed by atoms with E-state index in [4.69, 9.17) is 0 Å². The molecule has 0 spiro atoms. The summed E-state index contributed by atoms with van der Waals surface area (Å²) >= 11 is 0. The first-order chi connectivity index (χ1) is 14.7. The van der Waals surface area contributed by atoms with Gasteiger partial charge in [-0.3, -0.25) is 14.4 Å². The Hall–Kier alpha value is -3.81. The van der Waals surface area contributed by atoms with Crippen LogP contribution in [-0.2, 0) is 4.79 Å². The van der Waals surface area contributed by atoms with Crippen LogP contribution in [0, 0.1) is 33.5 Å². The molecule has 2 N–H and O–H groups in total. The van der Waals surface area contributed by atoms with Gasteiger partial charge in [0, 0.05) is 17.4 Å². The van der Waals surface area contributed by atoms with E-state index in [1.807, 2.05) is 32.9 Å². The lowest BCUT2D eigenvalue weighted by Gasteiger charge is -2.14. The fraction of sp³-hybridized carbons (Fsp3) is 0.217. The molecule has 1 aromatic heterocycles.